The van der Waals surface area contributed by atoms with Crippen LogP contribution in [0.25, 0.3) is 0 Å². The van der Waals surface area contributed by atoms with Gasteiger partial charge in [-0.1, -0.05) is 12.7 Å². The molecule has 0 unspecified atom stereocenters. The predicted octanol–water partition coefficient (Wildman–Crippen LogP) is 1.90. The predicted molar refractivity (Wildman–Crippen MR) is 62.9 cm³/mol. The van der Waals surface area contributed by atoms with Gasteiger partial charge in [0.05, 0.1) is 5.92 Å². The third-order valence-corrected chi connectivity index (χ3v) is 2.86. The van der Waals surface area contributed by atoms with E-state index in [0.29, 0.717) is 12.5 Å². The highest BCUT2D eigenvalue weighted by Crippen LogP contribution is 2.28. The third-order valence-electron chi connectivity index (χ3n) is 2.86. The maximum atomic E-state index is 11.5. The summed E-state index contributed by atoms with van der Waals surface area (Å²) < 4.78 is 5.01. The standard InChI is InChI=1S/C11H19NO2.ClH/c1-2-7-14-11(13)10-5-3-9(8-12)4-6-10;/h2,9-10H,1,3-8,12H2;1H/t9-,10-;. The molecular formula is C11H20ClNO2. The van der Waals surface area contributed by atoms with E-state index >= 15 is 0 Å². The topological polar surface area (TPSA) is 52.3 Å². The van der Waals surface area contributed by atoms with Crippen molar-refractivity contribution in [2.75, 3.05) is 13.2 Å². The van der Waals surface area contributed by atoms with Gasteiger partial charge in [-0.2, -0.15) is 0 Å². The molecule has 0 spiro atoms. The summed E-state index contributed by atoms with van der Waals surface area (Å²) in [5, 5.41) is 0. The SMILES string of the molecule is C=CCOC(=O)[C@H]1CC[C@H](CN)CC1.Cl. The molecule has 0 radical (unpaired) electrons. The Bertz CT molecular complexity index is 201. The molecule has 0 saturated heterocycles. The van der Waals surface area contributed by atoms with Crippen molar-refractivity contribution in [3.63, 3.8) is 0 Å². The van der Waals surface area contributed by atoms with Crippen molar-refractivity contribution in [2.24, 2.45) is 17.6 Å². The van der Waals surface area contributed by atoms with Gasteiger partial charge in [0.2, 0.25) is 0 Å². The van der Waals surface area contributed by atoms with Crippen LogP contribution < -0.4 is 5.73 Å². The van der Waals surface area contributed by atoms with Crippen molar-refractivity contribution in [1.82, 2.24) is 0 Å². The van der Waals surface area contributed by atoms with Gasteiger partial charge in [-0.3, -0.25) is 4.79 Å². The molecule has 15 heavy (non-hydrogen) atoms. The maximum absolute atomic E-state index is 11.5. The number of nitrogens with two attached hydrogens (primary N) is 1. The summed E-state index contributed by atoms with van der Waals surface area (Å²) in [6.45, 7) is 4.58. The molecule has 88 valence electrons. The molecule has 1 saturated carbocycles. The number of esters is 1. The van der Waals surface area contributed by atoms with Gasteiger partial charge in [-0.25, -0.2) is 0 Å². The van der Waals surface area contributed by atoms with E-state index in [-0.39, 0.29) is 24.3 Å². The highest BCUT2D eigenvalue weighted by Gasteiger charge is 2.26. The lowest BCUT2D eigenvalue weighted by Crippen LogP contribution is -2.26. The van der Waals surface area contributed by atoms with Gasteiger partial charge in [0.1, 0.15) is 6.61 Å². The first-order valence-corrected chi connectivity index (χ1v) is 5.25. The molecule has 1 aliphatic carbocycles. The minimum atomic E-state index is -0.0691. The average Bonchev–Trinajstić information content (AvgIpc) is 2.26. The van der Waals surface area contributed by atoms with Gasteiger partial charge in [0.25, 0.3) is 0 Å². The Kier molecular flexibility index (Phi) is 7.44. The van der Waals surface area contributed by atoms with E-state index in [1.54, 1.807) is 6.08 Å². The molecule has 4 heteroatoms. The second kappa shape index (κ2) is 7.71. The molecule has 1 fully saturated rings. The summed E-state index contributed by atoms with van der Waals surface area (Å²) in [4.78, 5) is 11.5. The number of carbonyl (C=O) groups is 1. The summed E-state index contributed by atoms with van der Waals surface area (Å²) in [7, 11) is 0. The van der Waals surface area contributed by atoms with Crippen LogP contribution in [0.5, 0.6) is 0 Å². The minimum Gasteiger partial charge on any atom is -0.461 e. The third kappa shape index (κ3) is 4.67. The Labute approximate surface area is 97.5 Å². The van der Waals surface area contributed by atoms with Crippen molar-refractivity contribution in [1.29, 1.82) is 0 Å². The molecule has 0 amide bonds. The lowest BCUT2D eigenvalue weighted by molar-refractivity contribution is -0.148. The first kappa shape index (κ1) is 14.5. The molecule has 0 aromatic rings. The summed E-state index contributed by atoms with van der Waals surface area (Å²) in [6, 6.07) is 0. The van der Waals surface area contributed by atoms with Crippen LogP contribution in [0.4, 0.5) is 0 Å². The maximum Gasteiger partial charge on any atom is 0.309 e. The van der Waals surface area contributed by atoms with Crippen molar-refractivity contribution < 1.29 is 9.53 Å². The Morgan fingerprint density at radius 1 is 1.40 bits per heavy atom. The quantitative estimate of drug-likeness (QED) is 0.596. The number of hydrogen-bond donors (Lipinski definition) is 1. The van der Waals surface area contributed by atoms with Crippen LogP contribution in [0.3, 0.4) is 0 Å². The number of halogens is 1. The van der Waals surface area contributed by atoms with Crippen LogP contribution in [-0.2, 0) is 9.53 Å². The zero-order valence-corrected chi connectivity index (χ0v) is 9.80. The summed E-state index contributed by atoms with van der Waals surface area (Å²) in [6.07, 6.45) is 5.58. The summed E-state index contributed by atoms with van der Waals surface area (Å²) in [5.41, 5.74) is 5.58. The van der Waals surface area contributed by atoms with Crippen LogP contribution in [0.1, 0.15) is 25.7 Å². The normalized spacial score (nSPS) is 25.1. The fraction of sp³-hybridized carbons (Fsp3) is 0.727. The zero-order chi connectivity index (χ0) is 10.4. The summed E-state index contributed by atoms with van der Waals surface area (Å²) in [5.74, 6) is 0.636. The van der Waals surface area contributed by atoms with Crippen molar-refractivity contribution in [3.05, 3.63) is 12.7 Å². The van der Waals surface area contributed by atoms with Crippen LogP contribution in [0.2, 0.25) is 0 Å². The van der Waals surface area contributed by atoms with Crippen LogP contribution in [0.15, 0.2) is 12.7 Å². The first-order valence-electron chi connectivity index (χ1n) is 5.25. The van der Waals surface area contributed by atoms with Gasteiger partial charge in [0, 0.05) is 0 Å². The smallest absolute Gasteiger partial charge is 0.309 e. The van der Waals surface area contributed by atoms with E-state index < -0.39 is 0 Å². The van der Waals surface area contributed by atoms with E-state index in [9.17, 15) is 4.79 Å². The van der Waals surface area contributed by atoms with E-state index in [1.165, 1.54) is 0 Å². The Morgan fingerprint density at radius 3 is 2.47 bits per heavy atom. The molecule has 0 bridgehead atoms. The van der Waals surface area contributed by atoms with Crippen molar-refractivity contribution >= 4 is 18.4 Å². The van der Waals surface area contributed by atoms with E-state index in [2.05, 4.69) is 6.58 Å². The first-order chi connectivity index (χ1) is 6.77. The van der Waals surface area contributed by atoms with E-state index in [1.807, 2.05) is 0 Å². The molecule has 0 aliphatic heterocycles. The molecular weight excluding hydrogens is 214 g/mol. The molecule has 0 atom stereocenters. The zero-order valence-electron chi connectivity index (χ0n) is 8.98. The molecule has 0 heterocycles. The molecule has 2 N–H and O–H groups in total. The number of hydrogen-bond acceptors (Lipinski definition) is 3. The fourth-order valence-corrected chi connectivity index (χ4v) is 1.89. The number of carbonyl (C=O) groups excluding carboxylic acids is 1. The van der Waals surface area contributed by atoms with Gasteiger partial charge in [-0.05, 0) is 38.1 Å². The lowest BCUT2D eigenvalue weighted by atomic mass is 9.82. The van der Waals surface area contributed by atoms with Crippen LogP contribution in [0, 0.1) is 11.8 Å². The minimum absolute atomic E-state index is 0. The van der Waals surface area contributed by atoms with Gasteiger partial charge < -0.3 is 10.5 Å². The fourth-order valence-electron chi connectivity index (χ4n) is 1.89. The van der Waals surface area contributed by atoms with Crippen LogP contribution in [-0.4, -0.2) is 19.1 Å². The molecule has 1 aliphatic rings. The monoisotopic (exact) mass is 233 g/mol. The highest BCUT2D eigenvalue weighted by atomic mass is 35.5. The Hall–Kier alpha value is -0.540. The van der Waals surface area contributed by atoms with Crippen LogP contribution >= 0.6 is 12.4 Å². The van der Waals surface area contributed by atoms with Gasteiger partial charge in [0.15, 0.2) is 0 Å². The Balaban J connectivity index is 0.00000196. The van der Waals surface area contributed by atoms with Crippen molar-refractivity contribution in [3.8, 4) is 0 Å². The molecule has 0 aromatic carbocycles. The number of ether oxygens (including phenoxy) is 1. The van der Waals surface area contributed by atoms with E-state index in [4.69, 9.17) is 10.5 Å². The van der Waals surface area contributed by atoms with Gasteiger partial charge in [-0.15, -0.1) is 12.4 Å². The van der Waals surface area contributed by atoms with Gasteiger partial charge >= 0.3 is 5.97 Å². The number of rotatable bonds is 4. The largest absolute Gasteiger partial charge is 0.461 e. The summed E-state index contributed by atoms with van der Waals surface area (Å²) >= 11 is 0. The molecule has 3 nitrogen and oxygen atoms in total. The Morgan fingerprint density at radius 2 is 2.00 bits per heavy atom. The second-order valence-electron chi connectivity index (χ2n) is 3.87. The second-order valence-corrected chi connectivity index (χ2v) is 3.87. The highest BCUT2D eigenvalue weighted by molar-refractivity contribution is 5.85. The van der Waals surface area contributed by atoms with Crippen molar-refractivity contribution in [2.45, 2.75) is 25.7 Å². The molecule has 0 aromatic heterocycles. The molecule has 1 rings (SSSR count). The average molecular weight is 234 g/mol. The van der Waals surface area contributed by atoms with E-state index in [0.717, 1.165) is 32.2 Å². The lowest BCUT2D eigenvalue weighted by Gasteiger charge is -2.25.